The second-order valence-electron chi connectivity index (χ2n) is 5.29. The average molecular weight is 321 g/mol. The maximum Gasteiger partial charge on any atom is 0.344 e. The third-order valence-electron chi connectivity index (χ3n) is 3.11. The summed E-state index contributed by atoms with van der Waals surface area (Å²) in [6, 6.07) is 6.49. The highest BCUT2D eigenvalue weighted by molar-refractivity contribution is 5.94. The highest BCUT2D eigenvalue weighted by atomic mass is 16.6. The standard InChI is InChI=1S/C17H23NO5/c1-4-5-12(2)18-16(20)10-23-17(21)11-22-15-8-6-14(7-9-15)13(3)19/h6-9,12H,4-5,10-11H2,1-3H3,(H,18,20)/t12-/m0/s1. The summed E-state index contributed by atoms with van der Waals surface area (Å²) in [6.45, 7) is 4.79. The molecule has 0 radical (unpaired) electrons. The molecule has 0 aliphatic carbocycles. The number of nitrogens with one attached hydrogen (secondary N) is 1. The van der Waals surface area contributed by atoms with Crippen LogP contribution in [0.5, 0.6) is 5.75 Å². The Hall–Kier alpha value is -2.37. The first-order valence-electron chi connectivity index (χ1n) is 7.61. The third kappa shape index (κ3) is 7.44. The number of carbonyl (C=O) groups excluding carboxylic acids is 3. The molecule has 0 bridgehead atoms. The fraction of sp³-hybridized carbons (Fsp3) is 0.471. The minimum atomic E-state index is -0.626. The van der Waals surface area contributed by atoms with Gasteiger partial charge in [-0.3, -0.25) is 9.59 Å². The minimum absolute atomic E-state index is 0.0423. The molecule has 0 saturated heterocycles. The summed E-state index contributed by atoms with van der Waals surface area (Å²) in [5.74, 6) is -0.545. The summed E-state index contributed by atoms with van der Waals surface area (Å²) < 4.78 is 10.1. The highest BCUT2D eigenvalue weighted by Crippen LogP contribution is 2.12. The summed E-state index contributed by atoms with van der Waals surface area (Å²) in [6.07, 6.45) is 1.84. The Morgan fingerprint density at radius 1 is 1.13 bits per heavy atom. The molecular weight excluding hydrogens is 298 g/mol. The van der Waals surface area contributed by atoms with Crippen LogP contribution < -0.4 is 10.1 Å². The number of hydrogen-bond donors (Lipinski definition) is 1. The van der Waals surface area contributed by atoms with Crippen LogP contribution in [0.4, 0.5) is 0 Å². The van der Waals surface area contributed by atoms with E-state index in [2.05, 4.69) is 5.32 Å². The van der Waals surface area contributed by atoms with Gasteiger partial charge in [-0.1, -0.05) is 13.3 Å². The summed E-state index contributed by atoms with van der Waals surface area (Å²) in [5.41, 5.74) is 0.567. The Morgan fingerprint density at radius 3 is 2.35 bits per heavy atom. The van der Waals surface area contributed by atoms with E-state index in [0.29, 0.717) is 11.3 Å². The Kier molecular flexibility index (Phi) is 7.80. The quantitative estimate of drug-likeness (QED) is 0.556. The lowest BCUT2D eigenvalue weighted by atomic mass is 10.1. The topological polar surface area (TPSA) is 81.7 Å². The molecule has 1 aromatic carbocycles. The second kappa shape index (κ2) is 9.61. The van der Waals surface area contributed by atoms with E-state index in [0.717, 1.165) is 12.8 Å². The van der Waals surface area contributed by atoms with Crippen LogP contribution in [0.15, 0.2) is 24.3 Å². The smallest absolute Gasteiger partial charge is 0.344 e. The van der Waals surface area contributed by atoms with Gasteiger partial charge in [-0.25, -0.2) is 4.79 Å². The van der Waals surface area contributed by atoms with Crippen molar-refractivity contribution in [3.63, 3.8) is 0 Å². The maximum absolute atomic E-state index is 11.5. The number of amides is 1. The van der Waals surface area contributed by atoms with Gasteiger partial charge >= 0.3 is 5.97 Å². The van der Waals surface area contributed by atoms with Gasteiger partial charge in [0.15, 0.2) is 19.0 Å². The fourth-order valence-electron chi connectivity index (χ4n) is 1.94. The van der Waals surface area contributed by atoms with E-state index in [4.69, 9.17) is 9.47 Å². The van der Waals surface area contributed by atoms with Crippen LogP contribution in [-0.2, 0) is 14.3 Å². The van der Waals surface area contributed by atoms with Crippen LogP contribution in [0, 0.1) is 0 Å². The number of rotatable bonds is 9. The largest absolute Gasteiger partial charge is 0.482 e. The van der Waals surface area contributed by atoms with Crippen LogP contribution in [0.3, 0.4) is 0 Å². The molecule has 23 heavy (non-hydrogen) atoms. The number of ketones is 1. The fourth-order valence-corrected chi connectivity index (χ4v) is 1.94. The zero-order valence-electron chi connectivity index (χ0n) is 13.8. The number of carbonyl (C=O) groups is 3. The van der Waals surface area contributed by atoms with Crippen LogP contribution in [0.25, 0.3) is 0 Å². The van der Waals surface area contributed by atoms with Gasteiger partial charge in [0.05, 0.1) is 0 Å². The summed E-state index contributed by atoms with van der Waals surface area (Å²) >= 11 is 0. The minimum Gasteiger partial charge on any atom is -0.482 e. The number of benzene rings is 1. The Bertz CT molecular complexity index is 538. The molecular formula is C17H23NO5. The summed E-state index contributed by atoms with van der Waals surface area (Å²) in [5, 5.41) is 2.74. The Morgan fingerprint density at radius 2 is 1.78 bits per heavy atom. The van der Waals surface area contributed by atoms with Crippen molar-refractivity contribution in [3.05, 3.63) is 29.8 Å². The van der Waals surface area contributed by atoms with E-state index < -0.39 is 5.97 Å². The highest BCUT2D eigenvalue weighted by Gasteiger charge is 2.10. The molecule has 6 nitrogen and oxygen atoms in total. The predicted octanol–water partition coefficient (Wildman–Crippen LogP) is 2.12. The third-order valence-corrected chi connectivity index (χ3v) is 3.11. The van der Waals surface area contributed by atoms with Crippen LogP contribution in [0.2, 0.25) is 0 Å². The molecule has 1 amide bonds. The van der Waals surface area contributed by atoms with Gasteiger partial charge in [0.2, 0.25) is 0 Å². The second-order valence-corrected chi connectivity index (χ2v) is 5.29. The molecule has 1 N–H and O–H groups in total. The first kappa shape index (κ1) is 18.7. The SMILES string of the molecule is CCC[C@H](C)NC(=O)COC(=O)COc1ccc(C(C)=O)cc1. The van der Waals surface area contributed by atoms with Gasteiger partial charge in [0.25, 0.3) is 5.91 Å². The first-order chi connectivity index (χ1) is 10.9. The van der Waals surface area contributed by atoms with Gasteiger partial charge in [-0.2, -0.15) is 0 Å². The summed E-state index contributed by atoms with van der Waals surface area (Å²) in [4.78, 5) is 34.2. The van der Waals surface area contributed by atoms with Crippen molar-refractivity contribution in [1.82, 2.24) is 5.32 Å². The normalized spacial score (nSPS) is 11.4. The van der Waals surface area contributed by atoms with E-state index in [1.807, 2.05) is 13.8 Å². The van der Waals surface area contributed by atoms with Crippen LogP contribution in [-0.4, -0.2) is 36.9 Å². The molecule has 6 heteroatoms. The zero-order chi connectivity index (χ0) is 17.2. The number of hydrogen-bond acceptors (Lipinski definition) is 5. The predicted molar refractivity (Wildman–Crippen MR) is 85.4 cm³/mol. The van der Waals surface area contributed by atoms with Crippen molar-refractivity contribution < 1.29 is 23.9 Å². The molecule has 0 fully saturated rings. The lowest BCUT2D eigenvalue weighted by Gasteiger charge is -2.12. The van der Waals surface area contributed by atoms with Crippen molar-refractivity contribution in [1.29, 1.82) is 0 Å². The molecule has 0 unspecified atom stereocenters. The molecule has 0 saturated carbocycles. The number of ether oxygens (including phenoxy) is 2. The summed E-state index contributed by atoms with van der Waals surface area (Å²) in [7, 11) is 0. The van der Waals surface area contributed by atoms with Crippen molar-refractivity contribution in [2.75, 3.05) is 13.2 Å². The molecule has 1 atom stereocenters. The van der Waals surface area contributed by atoms with E-state index >= 15 is 0 Å². The molecule has 1 rings (SSSR count). The lowest BCUT2D eigenvalue weighted by molar-refractivity contribution is -0.150. The molecule has 0 aromatic heterocycles. The maximum atomic E-state index is 11.5. The molecule has 1 aromatic rings. The van der Waals surface area contributed by atoms with E-state index in [-0.39, 0.29) is 30.9 Å². The van der Waals surface area contributed by atoms with Gasteiger partial charge in [0.1, 0.15) is 5.75 Å². The first-order valence-corrected chi connectivity index (χ1v) is 7.61. The van der Waals surface area contributed by atoms with Gasteiger partial charge in [0, 0.05) is 11.6 Å². The van der Waals surface area contributed by atoms with Crippen LogP contribution in [0.1, 0.15) is 44.0 Å². The van der Waals surface area contributed by atoms with E-state index in [1.165, 1.54) is 6.92 Å². The lowest BCUT2D eigenvalue weighted by Crippen LogP contribution is -2.36. The zero-order valence-corrected chi connectivity index (χ0v) is 13.8. The molecule has 126 valence electrons. The monoisotopic (exact) mass is 321 g/mol. The molecule has 0 aliphatic rings. The van der Waals surface area contributed by atoms with Gasteiger partial charge in [-0.05, 0) is 44.5 Å². The van der Waals surface area contributed by atoms with Crippen LogP contribution >= 0.6 is 0 Å². The van der Waals surface area contributed by atoms with Crippen molar-refractivity contribution >= 4 is 17.7 Å². The van der Waals surface area contributed by atoms with Crippen molar-refractivity contribution in [2.24, 2.45) is 0 Å². The van der Waals surface area contributed by atoms with E-state index in [9.17, 15) is 14.4 Å². The Balaban J connectivity index is 2.28. The van der Waals surface area contributed by atoms with Crippen molar-refractivity contribution in [2.45, 2.75) is 39.7 Å². The average Bonchev–Trinajstić information content (AvgIpc) is 2.51. The number of Topliss-reactive ketones (excluding diaryl/α,β-unsaturated/α-hetero) is 1. The molecule has 0 aliphatic heterocycles. The molecule has 0 heterocycles. The van der Waals surface area contributed by atoms with Gasteiger partial charge < -0.3 is 14.8 Å². The Labute approximate surface area is 136 Å². The number of esters is 1. The molecule has 0 spiro atoms. The van der Waals surface area contributed by atoms with Gasteiger partial charge in [-0.15, -0.1) is 0 Å². The van der Waals surface area contributed by atoms with E-state index in [1.54, 1.807) is 24.3 Å². The van der Waals surface area contributed by atoms with Crippen molar-refractivity contribution in [3.8, 4) is 5.75 Å².